The van der Waals surface area contributed by atoms with Crippen molar-refractivity contribution in [2.75, 3.05) is 5.32 Å². The van der Waals surface area contributed by atoms with Gasteiger partial charge in [-0.25, -0.2) is 0 Å². The van der Waals surface area contributed by atoms with E-state index in [2.05, 4.69) is 10.5 Å². The molecule has 5 heteroatoms. The number of aryl methyl sites for hydroxylation is 2. The van der Waals surface area contributed by atoms with Crippen LogP contribution in [0.5, 0.6) is 0 Å². The van der Waals surface area contributed by atoms with Crippen LogP contribution in [0.15, 0.2) is 23.4 Å². The summed E-state index contributed by atoms with van der Waals surface area (Å²) in [5, 5.41) is 13.5. The van der Waals surface area contributed by atoms with E-state index in [0.717, 1.165) is 11.1 Å². The van der Waals surface area contributed by atoms with Crippen LogP contribution in [0.4, 0.5) is 5.69 Å². The second kappa shape index (κ2) is 4.45. The van der Waals surface area contributed by atoms with Crippen molar-refractivity contribution in [2.45, 2.75) is 13.8 Å². The van der Waals surface area contributed by atoms with Crippen LogP contribution in [-0.2, 0) is 4.79 Å². The molecule has 0 aliphatic carbocycles. The first kappa shape index (κ1) is 11.0. The van der Waals surface area contributed by atoms with Gasteiger partial charge in [0, 0.05) is 5.69 Å². The summed E-state index contributed by atoms with van der Waals surface area (Å²) >= 11 is 0. The zero-order valence-corrected chi connectivity index (χ0v) is 8.61. The zero-order chi connectivity index (χ0) is 11.4. The molecule has 1 amide bonds. The Kier molecular flexibility index (Phi) is 3.28. The summed E-state index contributed by atoms with van der Waals surface area (Å²) in [7, 11) is 0. The third-order valence-corrected chi connectivity index (χ3v) is 1.98. The maximum Gasteiger partial charge on any atom is 0.294 e. The monoisotopic (exact) mass is 207 g/mol. The number of amides is 1. The van der Waals surface area contributed by atoms with Crippen molar-refractivity contribution < 1.29 is 10.0 Å². The van der Waals surface area contributed by atoms with Gasteiger partial charge in [0.05, 0.1) is 0 Å². The van der Waals surface area contributed by atoms with E-state index < -0.39 is 11.7 Å². The number of carbonyl (C=O) groups is 1. The first-order chi connectivity index (χ1) is 7.04. The van der Waals surface area contributed by atoms with Crippen LogP contribution in [0.25, 0.3) is 0 Å². The Bertz CT molecular complexity index is 413. The van der Waals surface area contributed by atoms with E-state index in [0.29, 0.717) is 5.69 Å². The normalized spacial score (nSPS) is 11.2. The summed E-state index contributed by atoms with van der Waals surface area (Å²) in [6.45, 7) is 3.78. The Morgan fingerprint density at radius 3 is 2.73 bits per heavy atom. The van der Waals surface area contributed by atoms with Crippen molar-refractivity contribution in [1.82, 2.24) is 0 Å². The number of nitrogens with one attached hydrogen (secondary N) is 1. The van der Waals surface area contributed by atoms with Crippen LogP contribution in [0.3, 0.4) is 0 Å². The minimum atomic E-state index is -0.619. The number of carbonyl (C=O) groups excluding carboxylic acids is 1. The van der Waals surface area contributed by atoms with Crippen molar-refractivity contribution in [1.29, 1.82) is 0 Å². The Hall–Kier alpha value is -2.04. The third-order valence-electron chi connectivity index (χ3n) is 1.98. The Morgan fingerprint density at radius 2 is 2.13 bits per heavy atom. The molecular formula is C10H13N3O2. The smallest absolute Gasteiger partial charge is 0.294 e. The molecule has 1 aromatic rings. The second-order valence-corrected chi connectivity index (χ2v) is 3.26. The van der Waals surface area contributed by atoms with Gasteiger partial charge in [0.15, 0.2) is 0 Å². The summed E-state index contributed by atoms with van der Waals surface area (Å²) < 4.78 is 0. The van der Waals surface area contributed by atoms with Crippen LogP contribution in [0.1, 0.15) is 11.1 Å². The topological polar surface area (TPSA) is 87.7 Å². The van der Waals surface area contributed by atoms with Crippen LogP contribution >= 0.6 is 0 Å². The first-order valence-corrected chi connectivity index (χ1v) is 4.40. The molecule has 1 aromatic carbocycles. The molecule has 0 atom stereocenters. The first-order valence-electron chi connectivity index (χ1n) is 4.40. The zero-order valence-electron chi connectivity index (χ0n) is 8.61. The molecule has 0 fully saturated rings. The molecule has 0 spiro atoms. The number of rotatable bonds is 1. The van der Waals surface area contributed by atoms with Crippen molar-refractivity contribution in [3.8, 4) is 0 Å². The summed E-state index contributed by atoms with van der Waals surface area (Å²) in [5.41, 5.74) is 7.74. The number of oxime groups is 1. The SMILES string of the molecule is Cc1ccc(C)c(NC(=O)/C(N)=N\O)c1. The summed E-state index contributed by atoms with van der Waals surface area (Å²) in [6.07, 6.45) is 0. The lowest BCUT2D eigenvalue weighted by atomic mass is 10.1. The Morgan fingerprint density at radius 1 is 1.47 bits per heavy atom. The number of anilines is 1. The summed E-state index contributed by atoms with van der Waals surface area (Å²) in [4.78, 5) is 11.3. The Balaban J connectivity index is 2.90. The van der Waals surface area contributed by atoms with Gasteiger partial charge in [-0.3, -0.25) is 4.79 Å². The summed E-state index contributed by atoms with van der Waals surface area (Å²) in [6, 6.07) is 5.64. The van der Waals surface area contributed by atoms with Crippen molar-refractivity contribution in [3.05, 3.63) is 29.3 Å². The van der Waals surface area contributed by atoms with Crippen molar-refractivity contribution in [3.63, 3.8) is 0 Å². The molecule has 15 heavy (non-hydrogen) atoms. The molecular weight excluding hydrogens is 194 g/mol. The van der Waals surface area contributed by atoms with Gasteiger partial charge in [0.2, 0.25) is 5.84 Å². The van der Waals surface area contributed by atoms with E-state index in [1.807, 2.05) is 32.0 Å². The van der Waals surface area contributed by atoms with E-state index in [1.54, 1.807) is 0 Å². The average molecular weight is 207 g/mol. The minimum Gasteiger partial charge on any atom is -0.409 e. The quantitative estimate of drug-likeness (QED) is 0.278. The fraction of sp³-hybridized carbons (Fsp3) is 0.200. The number of nitrogens with zero attached hydrogens (tertiary/aromatic N) is 1. The van der Waals surface area contributed by atoms with Gasteiger partial charge in [0.25, 0.3) is 5.91 Å². The lowest BCUT2D eigenvalue weighted by molar-refractivity contribution is -0.110. The molecule has 0 aromatic heterocycles. The summed E-state index contributed by atoms with van der Waals surface area (Å²) in [5.74, 6) is -1.08. The highest BCUT2D eigenvalue weighted by Gasteiger charge is 2.09. The predicted octanol–water partition coefficient (Wildman–Crippen LogP) is 0.988. The average Bonchev–Trinajstić information content (AvgIpc) is 2.22. The van der Waals surface area contributed by atoms with E-state index in [9.17, 15) is 4.79 Å². The molecule has 0 aliphatic rings. The van der Waals surface area contributed by atoms with Gasteiger partial charge in [-0.05, 0) is 31.0 Å². The van der Waals surface area contributed by atoms with Gasteiger partial charge in [-0.15, -0.1) is 0 Å². The molecule has 0 aliphatic heterocycles. The van der Waals surface area contributed by atoms with E-state index in [4.69, 9.17) is 10.9 Å². The third kappa shape index (κ3) is 2.70. The number of hydrogen-bond acceptors (Lipinski definition) is 3. The molecule has 0 saturated carbocycles. The van der Waals surface area contributed by atoms with Gasteiger partial charge < -0.3 is 16.3 Å². The molecule has 80 valence electrons. The van der Waals surface area contributed by atoms with Gasteiger partial charge in [-0.1, -0.05) is 17.3 Å². The predicted molar refractivity (Wildman–Crippen MR) is 58.0 cm³/mol. The van der Waals surface area contributed by atoms with E-state index >= 15 is 0 Å². The lowest BCUT2D eigenvalue weighted by Crippen LogP contribution is -2.30. The Labute approximate surface area is 87.6 Å². The molecule has 0 heterocycles. The molecule has 0 radical (unpaired) electrons. The van der Waals surface area contributed by atoms with Crippen molar-refractivity contribution in [2.24, 2.45) is 10.9 Å². The van der Waals surface area contributed by atoms with Crippen LogP contribution < -0.4 is 11.1 Å². The van der Waals surface area contributed by atoms with Crippen LogP contribution in [0.2, 0.25) is 0 Å². The number of hydrogen-bond donors (Lipinski definition) is 3. The van der Waals surface area contributed by atoms with Gasteiger partial charge in [-0.2, -0.15) is 0 Å². The largest absolute Gasteiger partial charge is 0.409 e. The number of nitrogens with two attached hydrogens (primary N) is 1. The maximum absolute atomic E-state index is 11.3. The molecule has 5 nitrogen and oxygen atoms in total. The fourth-order valence-electron chi connectivity index (χ4n) is 1.10. The second-order valence-electron chi connectivity index (χ2n) is 3.26. The van der Waals surface area contributed by atoms with E-state index in [-0.39, 0.29) is 0 Å². The standard InChI is InChI=1S/C10H13N3O2/c1-6-3-4-7(2)8(5-6)12-10(14)9(11)13-15/h3-5,15H,1-2H3,(H2,11,13)(H,12,14). The highest BCUT2D eigenvalue weighted by Crippen LogP contribution is 2.15. The van der Waals surface area contributed by atoms with Crippen LogP contribution in [-0.4, -0.2) is 17.0 Å². The number of amidine groups is 1. The van der Waals surface area contributed by atoms with Crippen LogP contribution in [0, 0.1) is 13.8 Å². The van der Waals surface area contributed by atoms with E-state index in [1.165, 1.54) is 0 Å². The lowest BCUT2D eigenvalue weighted by Gasteiger charge is -2.08. The molecule has 0 saturated heterocycles. The number of benzene rings is 1. The molecule has 0 bridgehead atoms. The molecule has 0 unspecified atom stereocenters. The minimum absolute atomic E-state index is 0.462. The molecule has 1 rings (SSSR count). The highest BCUT2D eigenvalue weighted by molar-refractivity contribution is 6.41. The fourth-order valence-corrected chi connectivity index (χ4v) is 1.10. The van der Waals surface area contributed by atoms with Gasteiger partial charge in [0.1, 0.15) is 0 Å². The highest BCUT2D eigenvalue weighted by atomic mass is 16.4. The maximum atomic E-state index is 11.3. The van der Waals surface area contributed by atoms with Crippen molar-refractivity contribution >= 4 is 17.4 Å². The van der Waals surface area contributed by atoms with Gasteiger partial charge >= 0.3 is 0 Å². The molecule has 4 N–H and O–H groups in total.